The smallest absolute Gasteiger partial charge is 0.227 e. The van der Waals surface area contributed by atoms with Crippen molar-refractivity contribution in [1.29, 1.82) is 0 Å². The number of methoxy groups -OCH3 is 1. The van der Waals surface area contributed by atoms with E-state index in [2.05, 4.69) is 5.32 Å². The molecule has 1 aromatic carbocycles. The van der Waals surface area contributed by atoms with Crippen LogP contribution in [0.15, 0.2) is 24.3 Å². The number of benzene rings is 1. The molecule has 0 radical (unpaired) electrons. The van der Waals surface area contributed by atoms with Gasteiger partial charge in [-0.3, -0.25) is 9.59 Å². The number of ether oxygens (including phenoxy) is 1. The third kappa shape index (κ3) is 3.70. The fourth-order valence-electron chi connectivity index (χ4n) is 3.02. The Morgan fingerprint density at radius 3 is 2.46 bits per heavy atom. The van der Waals surface area contributed by atoms with Crippen molar-refractivity contribution in [3.8, 4) is 5.75 Å². The number of hydrogen-bond donors (Lipinski definition) is 2. The van der Waals surface area contributed by atoms with Crippen molar-refractivity contribution in [2.24, 2.45) is 11.7 Å². The predicted octanol–water partition coefficient (Wildman–Crippen LogP) is 1.68. The van der Waals surface area contributed by atoms with E-state index in [1.165, 1.54) is 0 Å². The normalized spacial score (nSPS) is 17.9. The number of carbonyl (C=O) groups is 2. The Bertz CT molecular complexity index is 573. The standard InChI is InChI=1S/C18H27N3O3/c1-4-18(5-2,12-19)20-17(23)13-10-16(22)21(11-13)14-6-8-15(24-3)9-7-14/h6-9,13H,4-5,10-12,19H2,1-3H3,(H,20,23). The van der Waals surface area contributed by atoms with Crippen LogP contribution in [0.25, 0.3) is 0 Å². The fraction of sp³-hybridized carbons (Fsp3) is 0.556. The van der Waals surface area contributed by atoms with Gasteiger partial charge in [0.1, 0.15) is 5.75 Å². The molecule has 6 heteroatoms. The van der Waals surface area contributed by atoms with Gasteiger partial charge in [-0.1, -0.05) is 13.8 Å². The van der Waals surface area contributed by atoms with Gasteiger partial charge in [-0.05, 0) is 37.1 Å². The summed E-state index contributed by atoms with van der Waals surface area (Å²) in [4.78, 5) is 26.6. The number of anilines is 1. The predicted molar refractivity (Wildman–Crippen MR) is 94.0 cm³/mol. The van der Waals surface area contributed by atoms with E-state index in [0.29, 0.717) is 13.1 Å². The summed E-state index contributed by atoms with van der Waals surface area (Å²) in [6.07, 6.45) is 1.77. The minimum atomic E-state index is -0.381. The lowest BCUT2D eigenvalue weighted by Crippen LogP contribution is -2.54. The molecule has 0 spiro atoms. The van der Waals surface area contributed by atoms with E-state index in [-0.39, 0.29) is 29.7 Å². The van der Waals surface area contributed by atoms with Gasteiger partial charge in [-0.25, -0.2) is 0 Å². The molecule has 24 heavy (non-hydrogen) atoms. The summed E-state index contributed by atoms with van der Waals surface area (Å²) in [6.45, 7) is 4.82. The Kier molecular flexibility index (Phi) is 5.83. The summed E-state index contributed by atoms with van der Waals surface area (Å²) in [5.74, 6) is 0.266. The van der Waals surface area contributed by atoms with Crippen LogP contribution >= 0.6 is 0 Å². The minimum absolute atomic E-state index is 0.0355. The SMILES string of the molecule is CCC(CC)(CN)NC(=O)C1CC(=O)N(c2ccc(OC)cc2)C1. The molecule has 1 saturated heterocycles. The molecule has 1 aliphatic rings. The number of nitrogens with two attached hydrogens (primary N) is 1. The second-order valence-corrected chi connectivity index (χ2v) is 6.28. The van der Waals surface area contributed by atoms with Crippen molar-refractivity contribution in [2.75, 3.05) is 25.1 Å². The average molecular weight is 333 g/mol. The van der Waals surface area contributed by atoms with Gasteiger partial charge in [-0.2, -0.15) is 0 Å². The molecule has 0 bridgehead atoms. The fourth-order valence-corrected chi connectivity index (χ4v) is 3.02. The molecule has 1 atom stereocenters. The van der Waals surface area contributed by atoms with Gasteiger partial charge in [-0.15, -0.1) is 0 Å². The van der Waals surface area contributed by atoms with Gasteiger partial charge in [0.05, 0.1) is 18.6 Å². The van der Waals surface area contributed by atoms with E-state index in [1.807, 2.05) is 38.1 Å². The number of rotatable bonds is 7. The topological polar surface area (TPSA) is 84.7 Å². The molecule has 0 saturated carbocycles. The Labute approximate surface area is 143 Å². The molecule has 1 aromatic rings. The van der Waals surface area contributed by atoms with E-state index >= 15 is 0 Å². The lowest BCUT2D eigenvalue weighted by Gasteiger charge is -2.32. The molecule has 132 valence electrons. The highest BCUT2D eigenvalue weighted by Gasteiger charge is 2.37. The average Bonchev–Trinajstić information content (AvgIpc) is 3.01. The van der Waals surface area contributed by atoms with Crippen molar-refractivity contribution < 1.29 is 14.3 Å². The van der Waals surface area contributed by atoms with Crippen LogP contribution in [0, 0.1) is 5.92 Å². The molecule has 1 aliphatic heterocycles. The quantitative estimate of drug-likeness (QED) is 0.795. The van der Waals surface area contributed by atoms with Crippen LogP contribution < -0.4 is 20.7 Å². The van der Waals surface area contributed by atoms with Crippen LogP contribution in [0.2, 0.25) is 0 Å². The van der Waals surface area contributed by atoms with Crippen molar-refractivity contribution in [1.82, 2.24) is 5.32 Å². The molecular formula is C18H27N3O3. The number of amides is 2. The van der Waals surface area contributed by atoms with Gasteiger partial charge in [0.15, 0.2) is 0 Å². The Hall–Kier alpha value is -2.08. The number of nitrogens with zero attached hydrogens (tertiary/aromatic N) is 1. The van der Waals surface area contributed by atoms with E-state index in [4.69, 9.17) is 10.5 Å². The molecule has 2 amide bonds. The second kappa shape index (κ2) is 7.66. The van der Waals surface area contributed by atoms with Gasteiger partial charge in [0.25, 0.3) is 0 Å². The summed E-state index contributed by atoms with van der Waals surface area (Å²) in [5.41, 5.74) is 6.25. The Morgan fingerprint density at radius 1 is 1.33 bits per heavy atom. The Morgan fingerprint density at radius 2 is 1.96 bits per heavy atom. The molecule has 1 fully saturated rings. The van der Waals surface area contributed by atoms with Crippen LogP contribution in [0.1, 0.15) is 33.1 Å². The highest BCUT2D eigenvalue weighted by atomic mass is 16.5. The first kappa shape index (κ1) is 18.3. The number of nitrogens with one attached hydrogen (secondary N) is 1. The molecular weight excluding hydrogens is 306 g/mol. The first-order valence-corrected chi connectivity index (χ1v) is 8.45. The zero-order chi connectivity index (χ0) is 17.7. The largest absolute Gasteiger partial charge is 0.497 e. The van der Waals surface area contributed by atoms with Gasteiger partial charge in [0.2, 0.25) is 11.8 Å². The maximum atomic E-state index is 12.6. The first-order chi connectivity index (χ1) is 11.5. The van der Waals surface area contributed by atoms with Crippen molar-refractivity contribution >= 4 is 17.5 Å². The van der Waals surface area contributed by atoms with E-state index in [0.717, 1.165) is 24.3 Å². The summed E-state index contributed by atoms with van der Waals surface area (Å²) in [7, 11) is 1.60. The zero-order valence-electron chi connectivity index (χ0n) is 14.7. The number of carbonyl (C=O) groups excluding carboxylic acids is 2. The van der Waals surface area contributed by atoms with Crippen molar-refractivity contribution in [2.45, 2.75) is 38.6 Å². The van der Waals surface area contributed by atoms with Crippen molar-refractivity contribution in [3.05, 3.63) is 24.3 Å². The molecule has 2 rings (SSSR count). The molecule has 6 nitrogen and oxygen atoms in total. The lowest BCUT2D eigenvalue weighted by molar-refractivity contribution is -0.128. The van der Waals surface area contributed by atoms with Crippen LogP contribution in [-0.4, -0.2) is 37.6 Å². The molecule has 0 aromatic heterocycles. The highest BCUT2D eigenvalue weighted by Crippen LogP contribution is 2.27. The van der Waals surface area contributed by atoms with E-state index in [1.54, 1.807) is 12.0 Å². The Balaban J connectivity index is 2.06. The summed E-state index contributed by atoms with van der Waals surface area (Å²) in [5, 5.41) is 3.07. The van der Waals surface area contributed by atoms with Crippen LogP contribution in [0.3, 0.4) is 0 Å². The minimum Gasteiger partial charge on any atom is -0.497 e. The maximum Gasteiger partial charge on any atom is 0.227 e. The number of hydrogen-bond acceptors (Lipinski definition) is 4. The summed E-state index contributed by atoms with van der Waals surface area (Å²) in [6, 6.07) is 7.28. The molecule has 1 heterocycles. The second-order valence-electron chi connectivity index (χ2n) is 6.28. The van der Waals surface area contributed by atoms with E-state index < -0.39 is 0 Å². The maximum absolute atomic E-state index is 12.6. The third-order valence-corrected chi connectivity index (χ3v) is 5.01. The summed E-state index contributed by atoms with van der Waals surface area (Å²) < 4.78 is 5.13. The van der Waals surface area contributed by atoms with E-state index in [9.17, 15) is 9.59 Å². The third-order valence-electron chi connectivity index (χ3n) is 5.01. The molecule has 0 aliphatic carbocycles. The highest BCUT2D eigenvalue weighted by molar-refractivity contribution is 6.00. The molecule has 3 N–H and O–H groups in total. The summed E-state index contributed by atoms with van der Waals surface area (Å²) >= 11 is 0. The van der Waals surface area contributed by atoms with Crippen molar-refractivity contribution in [3.63, 3.8) is 0 Å². The van der Waals surface area contributed by atoms with Gasteiger partial charge < -0.3 is 20.7 Å². The van der Waals surface area contributed by atoms with Gasteiger partial charge >= 0.3 is 0 Å². The zero-order valence-corrected chi connectivity index (χ0v) is 14.7. The lowest BCUT2D eigenvalue weighted by atomic mass is 9.91. The first-order valence-electron chi connectivity index (χ1n) is 8.45. The van der Waals surface area contributed by atoms with Crippen LogP contribution in [-0.2, 0) is 9.59 Å². The van der Waals surface area contributed by atoms with Gasteiger partial charge in [0, 0.05) is 25.2 Å². The monoisotopic (exact) mass is 333 g/mol. The van der Waals surface area contributed by atoms with Crippen LogP contribution in [0.5, 0.6) is 5.75 Å². The molecule has 1 unspecified atom stereocenters. The van der Waals surface area contributed by atoms with Crippen LogP contribution in [0.4, 0.5) is 5.69 Å².